The molecule has 120 valence electrons. The summed E-state index contributed by atoms with van der Waals surface area (Å²) in [6, 6.07) is 0. The van der Waals surface area contributed by atoms with Crippen LogP contribution in [-0.4, -0.2) is 55.9 Å². The van der Waals surface area contributed by atoms with Crippen molar-refractivity contribution < 1.29 is 28.0 Å². The Hall–Kier alpha value is -0.460. The van der Waals surface area contributed by atoms with E-state index in [-0.39, 0.29) is 19.6 Å². The number of nitrogens with zero attached hydrogens (tertiary/aromatic N) is 1. The average Bonchev–Trinajstić information content (AvgIpc) is 2.27. The molecule has 0 spiro atoms. The van der Waals surface area contributed by atoms with E-state index in [2.05, 4.69) is 0 Å². The number of hydrogen-bond acceptors (Lipinski definition) is 6. The summed E-state index contributed by atoms with van der Waals surface area (Å²) in [4.78, 5) is 12.4. The van der Waals surface area contributed by atoms with Gasteiger partial charge in [0.15, 0.2) is 0 Å². The van der Waals surface area contributed by atoms with E-state index in [1.165, 1.54) is 0 Å². The van der Waals surface area contributed by atoms with E-state index in [1.807, 2.05) is 19.0 Å². The number of carboxylic acid groups (broad SMARTS) is 1. The minimum atomic E-state index is -3.57. The van der Waals surface area contributed by atoms with E-state index in [9.17, 15) is 9.36 Å². The lowest BCUT2D eigenvalue weighted by Gasteiger charge is -2.25. The number of likely N-dealkylation sites (N-methyl/N-ethyl adjacent to an activating group) is 1. The van der Waals surface area contributed by atoms with Crippen molar-refractivity contribution in [3.8, 4) is 0 Å². The first-order chi connectivity index (χ1) is 9.33. The molecule has 0 aliphatic heterocycles. The lowest BCUT2D eigenvalue weighted by atomic mass is 10.1. The molecule has 7 nitrogen and oxygen atoms in total. The monoisotopic (exact) mass is 311 g/mol. The van der Waals surface area contributed by atoms with Gasteiger partial charge in [-0.2, -0.15) is 0 Å². The maximum absolute atomic E-state index is 12.3. The lowest BCUT2D eigenvalue weighted by molar-refractivity contribution is -0.137. The molecule has 0 bridgehead atoms. The molecule has 0 heterocycles. The van der Waals surface area contributed by atoms with E-state index in [1.54, 1.807) is 13.8 Å². The molecule has 0 aliphatic carbocycles. The summed E-state index contributed by atoms with van der Waals surface area (Å²) >= 11 is 0. The van der Waals surface area contributed by atoms with Crippen LogP contribution in [0.5, 0.6) is 0 Å². The van der Waals surface area contributed by atoms with Gasteiger partial charge in [-0.05, 0) is 40.8 Å². The Bertz CT molecular complexity index is 313. The zero-order chi connectivity index (χ0) is 15.6. The zero-order valence-electron chi connectivity index (χ0n) is 12.7. The van der Waals surface area contributed by atoms with Crippen molar-refractivity contribution in [1.29, 1.82) is 0 Å². The van der Waals surface area contributed by atoms with Crippen molar-refractivity contribution in [3.05, 3.63) is 0 Å². The molecular formula is C12H26NO6P. The molecule has 0 aromatic heterocycles. The molecule has 20 heavy (non-hydrogen) atoms. The number of phosphoric acid groups is 1. The van der Waals surface area contributed by atoms with Crippen LogP contribution in [0, 0.1) is 0 Å². The first kappa shape index (κ1) is 19.5. The average molecular weight is 311 g/mol. The Balaban J connectivity index is 4.57. The normalized spacial score (nSPS) is 13.7. The van der Waals surface area contributed by atoms with Gasteiger partial charge in [-0.15, -0.1) is 0 Å². The molecule has 0 saturated heterocycles. The van der Waals surface area contributed by atoms with Crippen LogP contribution in [0.2, 0.25) is 0 Å². The molecule has 0 amide bonds. The Kier molecular flexibility index (Phi) is 10.1. The van der Waals surface area contributed by atoms with Crippen LogP contribution in [-0.2, 0) is 22.9 Å². The molecule has 0 rings (SSSR count). The van der Waals surface area contributed by atoms with Crippen LogP contribution in [0.1, 0.15) is 33.1 Å². The van der Waals surface area contributed by atoms with Gasteiger partial charge in [0, 0.05) is 13.0 Å². The van der Waals surface area contributed by atoms with Crippen LogP contribution in [0.3, 0.4) is 0 Å². The Labute approximate surface area is 120 Å². The Morgan fingerprint density at radius 1 is 1.25 bits per heavy atom. The second-order valence-corrected chi connectivity index (χ2v) is 6.18. The number of aliphatic carboxylic acids is 1. The van der Waals surface area contributed by atoms with Gasteiger partial charge >= 0.3 is 13.8 Å². The fourth-order valence-corrected chi connectivity index (χ4v) is 3.03. The second-order valence-electron chi connectivity index (χ2n) is 4.56. The third kappa shape index (κ3) is 9.44. The lowest BCUT2D eigenvalue weighted by Crippen LogP contribution is -2.28. The van der Waals surface area contributed by atoms with Gasteiger partial charge in [-0.3, -0.25) is 18.4 Å². The Morgan fingerprint density at radius 3 is 2.20 bits per heavy atom. The predicted octanol–water partition coefficient (Wildman–Crippen LogP) is 2.37. The fraction of sp³-hybridized carbons (Fsp3) is 0.917. The number of carbonyl (C=O) groups is 1. The number of rotatable bonds is 12. The van der Waals surface area contributed by atoms with Crippen LogP contribution in [0.4, 0.5) is 0 Å². The summed E-state index contributed by atoms with van der Waals surface area (Å²) in [5, 5.41) is 8.65. The number of phosphoric ester groups is 1. The smallest absolute Gasteiger partial charge is 0.475 e. The van der Waals surface area contributed by atoms with Gasteiger partial charge in [-0.25, -0.2) is 4.57 Å². The minimum absolute atomic E-state index is 0.0564. The fourth-order valence-electron chi connectivity index (χ4n) is 1.66. The summed E-state index contributed by atoms with van der Waals surface area (Å²) in [5.74, 6) is -0.855. The van der Waals surface area contributed by atoms with E-state index in [0.29, 0.717) is 19.4 Å². The van der Waals surface area contributed by atoms with Crippen molar-refractivity contribution in [2.24, 2.45) is 0 Å². The number of carboxylic acids is 1. The first-order valence-electron chi connectivity index (χ1n) is 6.77. The molecule has 0 fully saturated rings. The summed E-state index contributed by atoms with van der Waals surface area (Å²) < 4.78 is 28.0. The summed E-state index contributed by atoms with van der Waals surface area (Å²) in [5.41, 5.74) is 0. The van der Waals surface area contributed by atoms with E-state index in [4.69, 9.17) is 18.7 Å². The van der Waals surface area contributed by atoms with Crippen molar-refractivity contribution in [1.82, 2.24) is 4.90 Å². The molecule has 0 radical (unpaired) electrons. The molecular weight excluding hydrogens is 285 g/mol. The first-order valence-corrected chi connectivity index (χ1v) is 8.23. The maximum Gasteiger partial charge on any atom is 0.475 e. The summed E-state index contributed by atoms with van der Waals surface area (Å²) in [6.07, 6.45) is 0.593. The molecule has 0 saturated carbocycles. The molecule has 0 aromatic rings. The van der Waals surface area contributed by atoms with Crippen molar-refractivity contribution in [3.63, 3.8) is 0 Å². The largest absolute Gasteiger partial charge is 0.481 e. The zero-order valence-corrected chi connectivity index (χ0v) is 13.6. The highest BCUT2D eigenvalue weighted by atomic mass is 31.2. The SMILES string of the molecule is CCOP(=O)(OCC)OC(CCCC(=O)O)CN(C)C. The number of hydrogen-bond donors (Lipinski definition) is 1. The van der Waals surface area contributed by atoms with E-state index < -0.39 is 19.9 Å². The summed E-state index contributed by atoms with van der Waals surface area (Å²) in [7, 11) is 0.152. The quantitative estimate of drug-likeness (QED) is 0.554. The van der Waals surface area contributed by atoms with Gasteiger partial charge in [0.2, 0.25) is 0 Å². The molecule has 0 aliphatic rings. The highest BCUT2D eigenvalue weighted by molar-refractivity contribution is 7.48. The van der Waals surface area contributed by atoms with Crippen LogP contribution >= 0.6 is 7.82 Å². The molecule has 0 aromatic carbocycles. The third-order valence-corrected chi connectivity index (χ3v) is 4.04. The molecule has 1 atom stereocenters. The van der Waals surface area contributed by atoms with E-state index >= 15 is 0 Å². The minimum Gasteiger partial charge on any atom is -0.481 e. The van der Waals surface area contributed by atoms with Crippen LogP contribution in [0.15, 0.2) is 0 Å². The highest BCUT2D eigenvalue weighted by Gasteiger charge is 2.30. The maximum atomic E-state index is 12.3. The van der Waals surface area contributed by atoms with Gasteiger partial charge in [0.1, 0.15) is 0 Å². The standard InChI is InChI=1S/C12H26NO6P/c1-5-17-20(16,18-6-2)19-11(10-13(3)4)8-7-9-12(14)15/h11H,5-10H2,1-4H3,(H,14,15). The van der Waals surface area contributed by atoms with Gasteiger partial charge in [0.05, 0.1) is 19.3 Å². The van der Waals surface area contributed by atoms with Gasteiger partial charge < -0.3 is 10.0 Å². The van der Waals surface area contributed by atoms with Crippen LogP contribution in [0.25, 0.3) is 0 Å². The second kappa shape index (κ2) is 10.3. The molecule has 8 heteroatoms. The predicted molar refractivity (Wildman–Crippen MR) is 75.8 cm³/mol. The van der Waals surface area contributed by atoms with E-state index in [0.717, 1.165) is 0 Å². The highest BCUT2D eigenvalue weighted by Crippen LogP contribution is 2.50. The topological polar surface area (TPSA) is 85.3 Å². The van der Waals surface area contributed by atoms with Crippen LogP contribution < -0.4 is 0 Å². The molecule has 1 unspecified atom stereocenters. The Morgan fingerprint density at radius 2 is 1.80 bits per heavy atom. The molecule has 1 N–H and O–H groups in total. The van der Waals surface area contributed by atoms with Gasteiger partial charge in [-0.1, -0.05) is 0 Å². The van der Waals surface area contributed by atoms with Crippen molar-refractivity contribution >= 4 is 13.8 Å². The third-order valence-electron chi connectivity index (χ3n) is 2.34. The van der Waals surface area contributed by atoms with Crippen molar-refractivity contribution in [2.75, 3.05) is 33.9 Å². The van der Waals surface area contributed by atoms with Gasteiger partial charge in [0.25, 0.3) is 0 Å². The summed E-state index contributed by atoms with van der Waals surface area (Å²) in [6.45, 7) is 4.38. The van der Waals surface area contributed by atoms with Crippen molar-refractivity contribution in [2.45, 2.75) is 39.2 Å².